The van der Waals surface area contributed by atoms with Crippen molar-refractivity contribution in [3.63, 3.8) is 0 Å². The minimum Gasteiger partial charge on any atom is -0.341 e. The number of carbonyl (C=O) groups excluding carboxylic acids is 1. The average molecular weight is 457 g/mol. The number of benzene rings is 2. The highest BCUT2D eigenvalue weighted by molar-refractivity contribution is 7.90. The van der Waals surface area contributed by atoms with Crippen molar-refractivity contribution in [1.82, 2.24) is 15.0 Å². The summed E-state index contributed by atoms with van der Waals surface area (Å²) >= 11 is 0. The van der Waals surface area contributed by atoms with Crippen LogP contribution in [0.2, 0.25) is 0 Å². The minimum absolute atomic E-state index is 0.0127. The second kappa shape index (κ2) is 8.48. The first kappa shape index (κ1) is 21.6. The van der Waals surface area contributed by atoms with Crippen molar-refractivity contribution in [2.24, 2.45) is 0 Å². The van der Waals surface area contributed by atoms with Crippen molar-refractivity contribution >= 4 is 26.6 Å². The number of pyridine rings is 1. The summed E-state index contributed by atoms with van der Waals surface area (Å²) in [4.78, 5) is 15.9. The van der Waals surface area contributed by atoms with E-state index < -0.39 is 27.4 Å². The number of sulfone groups is 1. The first-order valence-electron chi connectivity index (χ1n) is 9.42. The third-order valence-corrected chi connectivity index (χ3v) is 6.67. The van der Waals surface area contributed by atoms with Crippen LogP contribution in [0.1, 0.15) is 21.6 Å². The van der Waals surface area contributed by atoms with Crippen LogP contribution < -0.4 is 5.48 Å². The molecule has 4 rings (SSSR count). The zero-order valence-corrected chi connectivity index (χ0v) is 17.3. The van der Waals surface area contributed by atoms with Crippen LogP contribution in [0.5, 0.6) is 0 Å². The number of hydroxylamine groups is 1. The molecule has 0 aliphatic rings. The highest BCUT2D eigenvalue weighted by Crippen LogP contribution is 2.27. The number of aromatic nitrogens is 2. The van der Waals surface area contributed by atoms with Crippen LogP contribution in [0.25, 0.3) is 10.9 Å². The summed E-state index contributed by atoms with van der Waals surface area (Å²) in [5.41, 5.74) is 2.37. The lowest BCUT2D eigenvalue weighted by Gasteiger charge is -2.07. The Kier molecular flexibility index (Phi) is 5.72. The molecule has 164 valence electrons. The summed E-state index contributed by atoms with van der Waals surface area (Å²) in [6, 6.07) is 12.4. The molecule has 7 nitrogen and oxygen atoms in total. The van der Waals surface area contributed by atoms with Gasteiger partial charge in [-0.25, -0.2) is 27.7 Å². The highest BCUT2D eigenvalue weighted by Gasteiger charge is 2.21. The Morgan fingerprint density at radius 2 is 1.81 bits per heavy atom. The molecule has 0 saturated carbocycles. The topological polar surface area (TPSA) is 101 Å². The summed E-state index contributed by atoms with van der Waals surface area (Å²) in [6.07, 6.45) is 2.87. The van der Waals surface area contributed by atoms with E-state index in [0.29, 0.717) is 16.5 Å². The number of hydrogen-bond donors (Lipinski definition) is 2. The Balaban J connectivity index is 1.82. The number of nitrogens with zero attached hydrogens (tertiary/aromatic N) is 2. The Morgan fingerprint density at radius 1 is 1.06 bits per heavy atom. The monoisotopic (exact) mass is 457 g/mol. The fraction of sp³-hybridized carbons (Fsp3) is 0.0909. The van der Waals surface area contributed by atoms with E-state index in [0.717, 1.165) is 12.1 Å². The molecule has 0 bridgehead atoms. The zero-order valence-electron chi connectivity index (χ0n) is 16.5. The van der Waals surface area contributed by atoms with Crippen LogP contribution in [0.15, 0.2) is 71.9 Å². The van der Waals surface area contributed by atoms with E-state index >= 15 is 0 Å². The third kappa shape index (κ3) is 4.23. The highest BCUT2D eigenvalue weighted by atomic mass is 32.2. The summed E-state index contributed by atoms with van der Waals surface area (Å²) < 4.78 is 54.9. The predicted octanol–water partition coefficient (Wildman–Crippen LogP) is 3.46. The summed E-state index contributed by atoms with van der Waals surface area (Å²) in [5.74, 6) is -2.69. The maximum Gasteiger partial charge on any atom is 0.293 e. The number of amides is 1. The van der Waals surface area contributed by atoms with Crippen LogP contribution >= 0.6 is 0 Å². The van der Waals surface area contributed by atoms with E-state index in [1.807, 2.05) is 0 Å². The van der Waals surface area contributed by atoms with Crippen molar-refractivity contribution < 1.29 is 27.2 Å². The van der Waals surface area contributed by atoms with E-state index in [1.165, 1.54) is 42.1 Å². The summed E-state index contributed by atoms with van der Waals surface area (Å²) in [5, 5.41) is 9.31. The first-order valence-corrected chi connectivity index (χ1v) is 11.1. The van der Waals surface area contributed by atoms with Gasteiger partial charge in [-0.2, -0.15) is 0 Å². The van der Waals surface area contributed by atoms with Crippen molar-refractivity contribution in [1.29, 1.82) is 0 Å². The average Bonchev–Trinajstić information content (AvgIpc) is 3.11. The molecular formula is C22H17F2N3O4S. The second-order valence-electron chi connectivity index (χ2n) is 7.12. The molecule has 2 N–H and O–H groups in total. The predicted molar refractivity (Wildman–Crippen MR) is 112 cm³/mol. The number of fused-ring (bicyclic) bond motifs is 1. The van der Waals surface area contributed by atoms with Gasteiger partial charge in [0, 0.05) is 23.2 Å². The van der Waals surface area contributed by atoms with Crippen LogP contribution in [-0.2, 0) is 22.1 Å². The van der Waals surface area contributed by atoms with Crippen LogP contribution in [-0.4, -0.2) is 29.1 Å². The van der Waals surface area contributed by atoms with Crippen molar-refractivity contribution in [3.8, 4) is 0 Å². The molecule has 0 aliphatic heterocycles. The molecule has 10 heteroatoms. The third-order valence-electron chi connectivity index (χ3n) is 4.99. The van der Waals surface area contributed by atoms with Gasteiger partial charge in [-0.3, -0.25) is 10.0 Å². The van der Waals surface area contributed by atoms with Crippen molar-refractivity contribution in [2.45, 2.75) is 17.2 Å². The fourth-order valence-electron chi connectivity index (χ4n) is 3.44. The minimum atomic E-state index is -3.72. The number of rotatable bonds is 6. The van der Waals surface area contributed by atoms with Gasteiger partial charge in [-0.15, -0.1) is 0 Å². The van der Waals surface area contributed by atoms with Gasteiger partial charge in [0.15, 0.2) is 9.84 Å². The lowest BCUT2D eigenvalue weighted by molar-refractivity contribution is 0.0701. The Hall–Kier alpha value is -3.63. The SMILES string of the molecule is O=C(NO)c1cc2c(CS(=O)(=O)c3ccccc3)cn(Cc3ccc(F)cc3F)c2cn1. The molecule has 0 saturated heterocycles. The van der Waals surface area contributed by atoms with Gasteiger partial charge in [0.1, 0.15) is 17.3 Å². The fourth-order valence-corrected chi connectivity index (χ4v) is 4.82. The normalized spacial score (nSPS) is 11.6. The number of nitrogens with one attached hydrogen (secondary N) is 1. The Labute approximate surface area is 181 Å². The number of carbonyl (C=O) groups is 1. The second-order valence-corrected chi connectivity index (χ2v) is 9.11. The molecule has 0 unspecified atom stereocenters. The largest absolute Gasteiger partial charge is 0.341 e. The maximum absolute atomic E-state index is 14.2. The Bertz CT molecular complexity index is 1420. The summed E-state index contributed by atoms with van der Waals surface area (Å²) in [7, 11) is -3.72. The molecule has 4 aromatic rings. The number of hydrogen-bond acceptors (Lipinski definition) is 5. The maximum atomic E-state index is 14.2. The van der Waals surface area contributed by atoms with Gasteiger partial charge in [-0.1, -0.05) is 24.3 Å². The molecule has 32 heavy (non-hydrogen) atoms. The van der Waals surface area contributed by atoms with Crippen molar-refractivity contribution in [3.05, 3.63) is 95.4 Å². The van der Waals surface area contributed by atoms with E-state index in [2.05, 4.69) is 4.98 Å². The zero-order chi connectivity index (χ0) is 22.9. The molecular weight excluding hydrogens is 440 g/mol. The van der Waals surface area contributed by atoms with Gasteiger partial charge >= 0.3 is 0 Å². The molecule has 2 aromatic carbocycles. The molecule has 2 heterocycles. The smallest absolute Gasteiger partial charge is 0.293 e. The van der Waals surface area contributed by atoms with E-state index in [9.17, 15) is 22.0 Å². The van der Waals surface area contributed by atoms with Gasteiger partial charge in [0.25, 0.3) is 5.91 Å². The lowest BCUT2D eigenvalue weighted by Crippen LogP contribution is -2.19. The van der Waals surface area contributed by atoms with E-state index in [-0.39, 0.29) is 28.5 Å². The standard InChI is InChI=1S/C22H17F2N3O4S/c23-16-7-6-14(19(24)8-16)11-27-12-15(13-32(30,31)17-4-2-1-3-5-17)18-9-20(22(28)26-29)25-10-21(18)27/h1-10,12,29H,11,13H2,(H,26,28). The Morgan fingerprint density at radius 3 is 2.50 bits per heavy atom. The van der Waals surface area contributed by atoms with Gasteiger partial charge in [0.05, 0.1) is 28.9 Å². The van der Waals surface area contributed by atoms with E-state index in [1.54, 1.807) is 22.8 Å². The quantitative estimate of drug-likeness (QED) is 0.341. The molecule has 0 fully saturated rings. The van der Waals surface area contributed by atoms with Gasteiger partial charge in [-0.05, 0) is 29.8 Å². The molecule has 0 atom stereocenters. The van der Waals surface area contributed by atoms with Crippen molar-refractivity contribution in [2.75, 3.05) is 0 Å². The molecule has 0 spiro atoms. The summed E-state index contributed by atoms with van der Waals surface area (Å²) in [6.45, 7) is -0.0127. The molecule has 1 amide bonds. The lowest BCUT2D eigenvalue weighted by atomic mass is 10.2. The molecule has 0 radical (unpaired) electrons. The molecule has 2 aromatic heterocycles. The van der Waals surface area contributed by atoms with E-state index in [4.69, 9.17) is 5.21 Å². The van der Waals surface area contributed by atoms with Crippen LogP contribution in [0.3, 0.4) is 0 Å². The van der Waals surface area contributed by atoms with Gasteiger partial charge < -0.3 is 4.57 Å². The van der Waals surface area contributed by atoms with Crippen LogP contribution in [0.4, 0.5) is 8.78 Å². The number of halogens is 2. The molecule has 0 aliphatic carbocycles. The van der Waals surface area contributed by atoms with Crippen LogP contribution in [0, 0.1) is 11.6 Å². The first-order chi connectivity index (χ1) is 15.3. The van der Waals surface area contributed by atoms with Gasteiger partial charge in [0.2, 0.25) is 0 Å².